The second-order valence-electron chi connectivity index (χ2n) is 3.62. The van der Waals surface area contributed by atoms with Crippen LogP contribution < -0.4 is 5.32 Å². The van der Waals surface area contributed by atoms with E-state index in [0.717, 1.165) is 6.92 Å². The number of aliphatic carboxylic acids is 1. The van der Waals surface area contributed by atoms with Gasteiger partial charge in [-0.05, 0) is 19.1 Å². The number of anilines is 1. The maximum atomic E-state index is 11.5. The second kappa shape index (κ2) is 5.79. The highest BCUT2D eigenvalue weighted by Gasteiger charge is 2.25. The van der Waals surface area contributed by atoms with E-state index in [0.29, 0.717) is 5.69 Å². The van der Waals surface area contributed by atoms with Gasteiger partial charge in [-0.15, -0.1) is 0 Å². The van der Waals surface area contributed by atoms with E-state index < -0.39 is 23.6 Å². The lowest BCUT2D eigenvalue weighted by Gasteiger charge is -2.09. The van der Waals surface area contributed by atoms with Gasteiger partial charge in [0.1, 0.15) is 11.7 Å². The van der Waals surface area contributed by atoms with Gasteiger partial charge in [0.05, 0.1) is 0 Å². The van der Waals surface area contributed by atoms with Gasteiger partial charge in [0.2, 0.25) is 5.91 Å². The van der Waals surface area contributed by atoms with Crippen molar-refractivity contribution < 1.29 is 19.5 Å². The summed E-state index contributed by atoms with van der Waals surface area (Å²) in [5.74, 6) is -3.57. The minimum absolute atomic E-state index is 0.348. The van der Waals surface area contributed by atoms with Crippen LogP contribution in [0.25, 0.3) is 0 Å². The smallest absolute Gasteiger partial charge is 0.314 e. The normalized spacial score (nSPS) is 11.6. The molecular formula is C12H13NO4. The number of carboxylic acids is 1. The Bertz CT molecular complexity index is 413. The van der Waals surface area contributed by atoms with Crippen LogP contribution in [0.4, 0.5) is 5.69 Å². The number of para-hydroxylation sites is 1. The Morgan fingerprint density at radius 2 is 1.82 bits per heavy atom. The average Bonchev–Trinajstić information content (AvgIpc) is 2.26. The number of carbonyl (C=O) groups excluding carboxylic acids is 2. The number of benzene rings is 1. The van der Waals surface area contributed by atoms with Crippen molar-refractivity contribution in [1.82, 2.24) is 0 Å². The van der Waals surface area contributed by atoms with Crippen LogP contribution in [0.2, 0.25) is 0 Å². The maximum absolute atomic E-state index is 11.5. The van der Waals surface area contributed by atoms with Crippen molar-refractivity contribution in [2.45, 2.75) is 13.3 Å². The molecule has 0 aromatic heterocycles. The molecule has 1 unspecified atom stereocenters. The largest absolute Gasteiger partial charge is 0.481 e. The number of rotatable bonds is 5. The van der Waals surface area contributed by atoms with Gasteiger partial charge in [-0.3, -0.25) is 14.4 Å². The third-order valence-electron chi connectivity index (χ3n) is 2.24. The van der Waals surface area contributed by atoms with Gasteiger partial charge in [0.25, 0.3) is 0 Å². The minimum Gasteiger partial charge on any atom is -0.481 e. The molecule has 0 fully saturated rings. The van der Waals surface area contributed by atoms with E-state index in [9.17, 15) is 14.4 Å². The predicted octanol–water partition coefficient (Wildman–Crippen LogP) is 1.30. The number of ketones is 1. The molecule has 1 aromatic carbocycles. The van der Waals surface area contributed by atoms with E-state index in [1.165, 1.54) is 0 Å². The van der Waals surface area contributed by atoms with Crippen molar-refractivity contribution in [2.24, 2.45) is 5.92 Å². The summed E-state index contributed by atoms with van der Waals surface area (Å²) < 4.78 is 0. The van der Waals surface area contributed by atoms with E-state index in [1.54, 1.807) is 30.3 Å². The van der Waals surface area contributed by atoms with E-state index in [2.05, 4.69) is 5.32 Å². The van der Waals surface area contributed by atoms with Crippen LogP contribution in [0.15, 0.2) is 30.3 Å². The fourth-order valence-corrected chi connectivity index (χ4v) is 1.32. The Morgan fingerprint density at radius 3 is 2.29 bits per heavy atom. The number of nitrogens with one attached hydrogen (secondary N) is 1. The fourth-order valence-electron chi connectivity index (χ4n) is 1.32. The van der Waals surface area contributed by atoms with Gasteiger partial charge < -0.3 is 10.4 Å². The molecule has 0 aliphatic carbocycles. The molecule has 0 saturated heterocycles. The van der Waals surface area contributed by atoms with Gasteiger partial charge in [-0.25, -0.2) is 0 Å². The first-order valence-electron chi connectivity index (χ1n) is 5.09. The third-order valence-corrected chi connectivity index (χ3v) is 2.24. The van der Waals surface area contributed by atoms with Crippen LogP contribution in [0, 0.1) is 5.92 Å². The van der Waals surface area contributed by atoms with E-state index in [-0.39, 0.29) is 6.42 Å². The SMILES string of the molecule is CC(=O)C(CC(=O)Nc1ccccc1)C(=O)O. The predicted molar refractivity (Wildman–Crippen MR) is 61.5 cm³/mol. The second-order valence-corrected chi connectivity index (χ2v) is 3.62. The van der Waals surface area contributed by atoms with Crippen molar-refractivity contribution in [3.05, 3.63) is 30.3 Å². The fraction of sp³-hybridized carbons (Fsp3) is 0.250. The van der Waals surface area contributed by atoms with Crippen LogP contribution in [-0.4, -0.2) is 22.8 Å². The number of carbonyl (C=O) groups is 3. The molecule has 1 aromatic rings. The van der Waals surface area contributed by atoms with Crippen molar-refractivity contribution in [2.75, 3.05) is 5.32 Å². The Labute approximate surface area is 98.4 Å². The molecule has 0 radical (unpaired) electrons. The molecule has 0 spiro atoms. The molecule has 90 valence electrons. The standard InChI is InChI=1S/C12H13NO4/c1-8(14)10(12(16)17)7-11(15)13-9-5-3-2-4-6-9/h2-6,10H,7H2,1H3,(H,13,15)(H,16,17). The zero-order chi connectivity index (χ0) is 12.8. The van der Waals surface area contributed by atoms with E-state index in [4.69, 9.17) is 5.11 Å². The molecule has 0 heterocycles. The monoisotopic (exact) mass is 235 g/mol. The molecular weight excluding hydrogens is 222 g/mol. The molecule has 1 amide bonds. The Morgan fingerprint density at radius 1 is 1.24 bits per heavy atom. The van der Waals surface area contributed by atoms with Crippen LogP contribution in [0.1, 0.15) is 13.3 Å². The van der Waals surface area contributed by atoms with Crippen LogP contribution in [0.3, 0.4) is 0 Å². The molecule has 1 atom stereocenters. The topological polar surface area (TPSA) is 83.5 Å². The number of amides is 1. The summed E-state index contributed by atoms with van der Waals surface area (Å²) in [6, 6.07) is 8.65. The number of hydrogen-bond donors (Lipinski definition) is 2. The molecule has 17 heavy (non-hydrogen) atoms. The molecule has 5 heteroatoms. The number of carboxylic acid groups (broad SMARTS) is 1. The zero-order valence-electron chi connectivity index (χ0n) is 9.34. The van der Waals surface area contributed by atoms with E-state index in [1.807, 2.05) is 0 Å². The molecule has 1 rings (SSSR count). The quantitative estimate of drug-likeness (QED) is 0.753. The lowest BCUT2D eigenvalue weighted by Crippen LogP contribution is -2.27. The maximum Gasteiger partial charge on any atom is 0.314 e. The van der Waals surface area contributed by atoms with Gasteiger partial charge in [0, 0.05) is 12.1 Å². The summed E-state index contributed by atoms with van der Waals surface area (Å²) in [5.41, 5.74) is 0.574. The van der Waals surface area contributed by atoms with Crippen molar-refractivity contribution in [3.63, 3.8) is 0 Å². The zero-order valence-corrected chi connectivity index (χ0v) is 9.34. The highest BCUT2D eigenvalue weighted by molar-refractivity contribution is 6.02. The summed E-state index contributed by atoms with van der Waals surface area (Å²) in [7, 11) is 0. The lowest BCUT2D eigenvalue weighted by molar-refractivity contribution is -0.147. The first-order chi connectivity index (χ1) is 8.00. The van der Waals surface area contributed by atoms with Crippen molar-refractivity contribution >= 4 is 23.3 Å². The first kappa shape index (κ1) is 12.9. The summed E-state index contributed by atoms with van der Waals surface area (Å²) in [6.07, 6.45) is -0.348. The minimum atomic E-state index is -1.28. The highest BCUT2D eigenvalue weighted by atomic mass is 16.4. The summed E-state index contributed by atoms with van der Waals surface area (Å²) >= 11 is 0. The van der Waals surface area contributed by atoms with Gasteiger partial charge in [0.15, 0.2) is 0 Å². The molecule has 0 aliphatic rings. The van der Waals surface area contributed by atoms with Crippen LogP contribution in [0.5, 0.6) is 0 Å². The number of Topliss-reactive ketones (excluding diaryl/α,β-unsaturated/α-hetero) is 1. The molecule has 2 N–H and O–H groups in total. The molecule has 0 saturated carbocycles. The highest BCUT2D eigenvalue weighted by Crippen LogP contribution is 2.10. The molecule has 0 bridgehead atoms. The average molecular weight is 235 g/mol. The Kier molecular flexibility index (Phi) is 4.39. The van der Waals surface area contributed by atoms with Crippen molar-refractivity contribution in [1.29, 1.82) is 0 Å². The van der Waals surface area contributed by atoms with E-state index >= 15 is 0 Å². The van der Waals surface area contributed by atoms with Crippen molar-refractivity contribution in [3.8, 4) is 0 Å². The summed E-state index contributed by atoms with van der Waals surface area (Å²) in [6.45, 7) is 1.16. The van der Waals surface area contributed by atoms with Gasteiger partial charge >= 0.3 is 5.97 Å². The van der Waals surface area contributed by atoms with Crippen LogP contribution in [-0.2, 0) is 14.4 Å². The first-order valence-corrected chi connectivity index (χ1v) is 5.09. The van der Waals surface area contributed by atoms with Crippen LogP contribution >= 0.6 is 0 Å². The lowest BCUT2D eigenvalue weighted by atomic mass is 10.0. The Hall–Kier alpha value is -2.17. The number of hydrogen-bond acceptors (Lipinski definition) is 3. The third kappa shape index (κ3) is 4.06. The van der Waals surface area contributed by atoms with Gasteiger partial charge in [-0.1, -0.05) is 18.2 Å². The van der Waals surface area contributed by atoms with Gasteiger partial charge in [-0.2, -0.15) is 0 Å². The Balaban J connectivity index is 2.60. The molecule has 0 aliphatic heterocycles. The molecule has 5 nitrogen and oxygen atoms in total. The summed E-state index contributed by atoms with van der Waals surface area (Å²) in [4.78, 5) is 33.2. The summed E-state index contributed by atoms with van der Waals surface area (Å²) in [5, 5.41) is 11.3.